The van der Waals surface area contributed by atoms with Crippen molar-refractivity contribution >= 4 is 21.8 Å². The van der Waals surface area contributed by atoms with Gasteiger partial charge in [-0.2, -0.15) is 0 Å². The third-order valence-corrected chi connectivity index (χ3v) is 7.18. The molecule has 3 heteroatoms. The van der Waals surface area contributed by atoms with Crippen LogP contribution in [0.1, 0.15) is 42.2 Å². The molecule has 3 aromatic carbocycles. The van der Waals surface area contributed by atoms with Crippen LogP contribution in [-0.2, 0) is 20.1 Å². The van der Waals surface area contributed by atoms with Gasteiger partial charge in [-0.15, -0.1) is 23.8 Å². The van der Waals surface area contributed by atoms with Gasteiger partial charge in [0.25, 0.3) is 0 Å². The molecule has 1 saturated carbocycles. The Bertz CT molecular complexity index is 1430. The topological polar surface area (TPSA) is 17.8 Å². The van der Waals surface area contributed by atoms with E-state index in [1.807, 2.05) is 0 Å². The van der Waals surface area contributed by atoms with E-state index in [1.54, 1.807) is 0 Å². The van der Waals surface area contributed by atoms with E-state index < -0.39 is 0 Å². The summed E-state index contributed by atoms with van der Waals surface area (Å²) < 4.78 is 2.36. The Morgan fingerprint density at radius 1 is 0.806 bits per heavy atom. The van der Waals surface area contributed by atoms with E-state index in [2.05, 4.69) is 89.6 Å². The molecular formula is C28H21IrN2-. The molecule has 2 unspecified atom stereocenters. The molecule has 2 aliphatic rings. The van der Waals surface area contributed by atoms with Crippen molar-refractivity contribution in [3.63, 3.8) is 0 Å². The zero-order valence-electron chi connectivity index (χ0n) is 17.0. The van der Waals surface area contributed by atoms with E-state index in [0.717, 1.165) is 23.1 Å². The van der Waals surface area contributed by atoms with Gasteiger partial charge in [0, 0.05) is 37.5 Å². The fraction of sp³-hybridized carbons (Fsp3) is 0.179. The normalized spacial score (nSPS) is 19.0. The number of para-hydroxylation sites is 2. The van der Waals surface area contributed by atoms with Crippen molar-refractivity contribution in [2.75, 3.05) is 0 Å². The Morgan fingerprint density at radius 3 is 2.45 bits per heavy atom. The van der Waals surface area contributed by atoms with Gasteiger partial charge in [-0.1, -0.05) is 47.9 Å². The van der Waals surface area contributed by atoms with Crippen LogP contribution in [0.15, 0.2) is 79.0 Å². The zero-order valence-corrected chi connectivity index (χ0v) is 19.4. The number of aromatic nitrogens is 2. The summed E-state index contributed by atoms with van der Waals surface area (Å²) in [5.41, 5.74) is 8.77. The zero-order chi connectivity index (χ0) is 19.7. The summed E-state index contributed by atoms with van der Waals surface area (Å²) in [5, 5.41) is 2.50. The van der Waals surface area contributed by atoms with Crippen LogP contribution in [0.4, 0.5) is 0 Å². The Kier molecular flexibility index (Phi) is 4.38. The molecular weight excluding hydrogens is 557 g/mol. The molecule has 1 fully saturated rings. The van der Waals surface area contributed by atoms with Crippen molar-refractivity contribution < 1.29 is 20.1 Å². The van der Waals surface area contributed by atoms with Gasteiger partial charge in [0.05, 0.1) is 0 Å². The molecule has 2 heterocycles. The van der Waals surface area contributed by atoms with Gasteiger partial charge < -0.3 is 9.55 Å². The second-order valence-electron chi connectivity index (χ2n) is 8.74. The summed E-state index contributed by atoms with van der Waals surface area (Å²) in [7, 11) is 0. The van der Waals surface area contributed by atoms with Crippen molar-refractivity contribution in [1.82, 2.24) is 9.55 Å². The van der Waals surface area contributed by atoms with Gasteiger partial charge >= 0.3 is 0 Å². The van der Waals surface area contributed by atoms with E-state index in [-0.39, 0.29) is 20.1 Å². The fourth-order valence-electron chi connectivity index (χ4n) is 5.78. The maximum absolute atomic E-state index is 4.86. The van der Waals surface area contributed by atoms with Crippen LogP contribution in [0.2, 0.25) is 0 Å². The maximum atomic E-state index is 4.86. The molecule has 0 spiro atoms. The molecule has 153 valence electrons. The van der Waals surface area contributed by atoms with Crippen LogP contribution in [0.25, 0.3) is 38.8 Å². The minimum atomic E-state index is 0. The molecule has 5 aromatic rings. The minimum absolute atomic E-state index is 0. The number of nitrogens with zero attached hydrogens (tertiary/aromatic N) is 2. The van der Waals surface area contributed by atoms with E-state index in [9.17, 15) is 0 Å². The van der Waals surface area contributed by atoms with E-state index in [1.165, 1.54) is 57.9 Å². The average molecular weight is 578 g/mol. The van der Waals surface area contributed by atoms with Crippen LogP contribution in [0, 0.1) is 6.07 Å². The molecule has 2 aromatic heterocycles. The first-order valence-electron chi connectivity index (χ1n) is 10.9. The molecule has 2 aliphatic carbocycles. The van der Waals surface area contributed by atoms with Crippen molar-refractivity contribution in [3.8, 4) is 16.9 Å². The Balaban J connectivity index is 0.00000185. The average Bonchev–Trinajstić information content (AvgIpc) is 3.51. The van der Waals surface area contributed by atoms with Crippen molar-refractivity contribution in [1.29, 1.82) is 0 Å². The van der Waals surface area contributed by atoms with E-state index in [0.29, 0.717) is 0 Å². The quantitative estimate of drug-likeness (QED) is 0.207. The van der Waals surface area contributed by atoms with Crippen molar-refractivity contribution in [2.24, 2.45) is 0 Å². The van der Waals surface area contributed by atoms with Crippen LogP contribution in [-0.4, -0.2) is 9.55 Å². The van der Waals surface area contributed by atoms with Gasteiger partial charge in [-0.05, 0) is 77.0 Å². The van der Waals surface area contributed by atoms with Crippen LogP contribution in [0.3, 0.4) is 0 Å². The van der Waals surface area contributed by atoms with Crippen LogP contribution in [0.5, 0.6) is 0 Å². The van der Waals surface area contributed by atoms with Gasteiger partial charge in [0.1, 0.15) is 0 Å². The Labute approximate surface area is 195 Å². The number of pyridine rings is 1. The Hall–Kier alpha value is -2.74. The van der Waals surface area contributed by atoms with Gasteiger partial charge in [0.2, 0.25) is 0 Å². The molecule has 2 atom stereocenters. The first-order chi connectivity index (χ1) is 14.9. The third kappa shape index (κ3) is 2.77. The molecule has 2 nitrogen and oxygen atoms in total. The second kappa shape index (κ2) is 7.15. The van der Waals surface area contributed by atoms with Crippen molar-refractivity contribution in [3.05, 3.63) is 96.2 Å². The molecule has 0 N–H and O–H groups in total. The SMILES string of the molecule is [Ir].[c-]1cc2c3ccccc3n(-c3ccccc3)c2cc1-c1cc2c(cn1)C1CCC2C1. The van der Waals surface area contributed by atoms with Gasteiger partial charge in [-0.3, -0.25) is 0 Å². The summed E-state index contributed by atoms with van der Waals surface area (Å²) in [6.45, 7) is 0. The fourth-order valence-corrected chi connectivity index (χ4v) is 5.78. The minimum Gasteiger partial charge on any atom is -0.328 e. The largest absolute Gasteiger partial charge is 0.328 e. The molecule has 0 aliphatic heterocycles. The number of fused-ring (bicyclic) bond motifs is 8. The molecule has 2 bridgehead atoms. The summed E-state index contributed by atoms with van der Waals surface area (Å²) in [4.78, 5) is 4.86. The number of hydrogen-bond acceptors (Lipinski definition) is 1. The summed E-state index contributed by atoms with van der Waals surface area (Å²) >= 11 is 0. The van der Waals surface area contributed by atoms with Gasteiger partial charge in [-0.25, -0.2) is 0 Å². The number of rotatable bonds is 2. The third-order valence-electron chi connectivity index (χ3n) is 7.18. The summed E-state index contributed by atoms with van der Waals surface area (Å²) in [6.07, 6.45) is 6.14. The van der Waals surface area contributed by atoms with E-state index >= 15 is 0 Å². The monoisotopic (exact) mass is 578 g/mol. The molecule has 0 saturated heterocycles. The Morgan fingerprint density at radius 2 is 1.58 bits per heavy atom. The predicted octanol–water partition coefficient (Wildman–Crippen LogP) is 7.01. The van der Waals surface area contributed by atoms with Gasteiger partial charge in [0.15, 0.2) is 0 Å². The predicted molar refractivity (Wildman–Crippen MR) is 122 cm³/mol. The number of hydrogen-bond donors (Lipinski definition) is 0. The molecule has 1 radical (unpaired) electrons. The van der Waals surface area contributed by atoms with Crippen molar-refractivity contribution in [2.45, 2.75) is 31.1 Å². The van der Waals surface area contributed by atoms with E-state index in [4.69, 9.17) is 4.98 Å². The molecule has 31 heavy (non-hydrogen) atoms. The number of benzene rings is 3. The summed E-state index contributed by atoms with van der Waals surface area (Å²) in [6, 6.07) is 29.5. The molecule has 0 amide bonds. The van der Waals surface area contributed by atoms with Crippen LogP contribution < -0.4 is 0 Å². The maximum Gasteiger partial charge on any atom is 0.0444 e. The summed E-state index contributed by atoms with van der Waals surface area (Å²) in [5.74, 6) is 1.49. The standard InChI is InChI=1S/C28H21N2.Ir/c1-2-6-21(7-3-1)30-27-9-5-4-8-22(27)23-13-12-20(15-28(23)30)26-16-24-18-10-11-19(14-18)25(24)17-29-26;/h1-9,13,15-19H,10-11,14H2;/q-1;. The molecule has 7 rings (SSSR count). The first kappa shape index (κ1) is 19.0. The van der Waals surface area contributed by atoms with Crippen LogP contribution >= 0.6 is 0 Å². The second-order valence-corrected chi connectivity index (χ2v) is 8.74. The smallest absolute Gasteiger partial charge is 0.0444 e. The first-order valence-corrected chi connectivity index (χ1v) is 10.9.